The molecule has 4 rings (SSSR count). The minimum Gasteiger partial charge on any atom is -0.496 e. The van der Waals surface area contributed by atoms with Crippen LogP contribution in [0.15, 0.2) is 53.6 Å². The van der Waals surface area contributed by atoms with E-state index in [-0.39, 0.29) is 34.1 Å². The molecular formula is C26H26F3N3O3. The maximum absolute atomic E-state index is 13.6. The molecule has 9 heteroatoms. The number of nitrogens with zero attached hydrogens (tertiary/aromatic N) is 2. The Morgan fingerprint density at radius 1 is 1.03 bits per heavy atom. The lowest BCUT2D eigenvalue weighted by atomic mass is 10.0. The highest BCUT2D eigenvalue weighted by molar-refractivity contribution is 6.30. The molecule has 2 aromatic rings. The zero-order valence-corrected chi connectivity index (χ0v) is 19.9. The monoisotopic (exact) mass is 485 g/mol. The molecule has 0 saturated heterocycles. The molecular weight excluding hydrogens is 459 g/mol. The molecule has 0 fully saturated rings. The second kappa shape index (κ2) is 9.13. The zero-order valence-electron chi connectivity index (χ0n) is 19.9. The summed E-state index contributed by atoms with van der Waals surface area (Å²) in [5.74, 6) is -0.924. The predicted octanol–water partition coefficient (Wildman–Crippen LogP) is 4.67. The maximum Gasteiger partial charge on any atom is 0.416 e. The number of anilines is 1. The number of fused-ring (bicyclic) bond motifs is 1. The number of hydrogen-bond acceptors (Lipinski definition) is 4. The van der Waals surface area contributed by atoms with Crippen LogP contribution in [0.4, 0.5) is 18.9 Å². The summed E-state index contributed by atoms with van der Waals surface area (Å²) in [6.07, 6.45) is -2.98. The Bertz CT molecular complexity index is 1240. The van der Waals surface area contributed by atoms with Gasteiger partial charge in [-0.25, -0.2) is 0 Å². The van der Waals surface area contributed by atoms with E-state index in [0.717, 1.165) is 30.7 Å². The molecule has 0 spiro atoms. The fourth-order valence-electron chi connectivity index (χ4n) is 4.31. The second-order valence-electron chi connectivity index (χ2n) is 8.59. The van der Waals surface area contributed by atoms with Crippen molar-refractivity contribution >= 4 is 28.9 Å². The second-order valence-corrected chi connectivity index (χ2v) is 8.59. The van der Waals surface area contributed by atoms with Gasteiger partial charge in [-0.1, -0.05) is 25.5 Å². The molecule has 0 bridgehead atoms. The highest BCUT2D eigenvalue weighted by Crippen LogP contribution is 2.45. The summed E-state index contributed by atoms with van der Waals surface area (Å²) < 4.78 is 44.9. The summed E-state index contributed by atoms with van der Waals surface area (Å²) in [4.78, 5) is 30.3. The molecule has 2 aliphatic rings. The molecule has 1 N–H and O–H groups in total. The van der Waals surface area contributed by atoms with E-state index in [2.05, 4.69) is 5.32 Å². The molecule has 2 aliphatic heterocycles. The standard InChI is InChI=1S/C26H26F3N3O3/c1-5-6-13-32-23(15-7-10-17(11-8-15)31(2)3)21-20(25(32)34)22(30-24(21)33)18-12-9-16(26(27,28)29)14-19(18)35-4/h7-12,14H,5-6,13H2,1-4H3,(H,30,33). The molecule has 0 aliphatic carbocycles. The normalized spacial score (nSPS) is 15.7. The van der Waals surface area contributed by atoms with Gasteiger partial charge in [0.25, 0.3) is 11.8 Å². The number of amides is 2. The minimum atomic E-state index is -4.56. The first-order chi connectivity index (χ1) is 16.6. The van der Waals surface area contributed by atoms with E-state index in [0.29, 0.717) is 17.8 Å². The van der Waals surface area contributed by atoms with Crippen molar-refractivity contribution in [2.45, 2.75) is 25.9 Å². The van der Waals surface area contributed by atoms with Crippen molar-refractivity contribution in [1.29, 1.82) is 0 Å². The molecule has 6 nitrogen and oxygen atoms in total. The number of ether oxygens (including phenoxy) is 1. The lowest BCUT2D eigenvalue weighted by Crippen LogP contribution is -2.28. The van der Waals surface area contributed by atoms with Crippen LogP contribution in [0.5, 0.6) is 5.75 Å². The Morgan fingerprint density at radius 3 is 2.29 bits per heavy atom. The van der Waals surface area contributed by atoms with E-state index in [4.69, 9.17) is 4.74 Å². The van der Waals surface area contributed by atoms with E-state index >= 15 is 0 Å². The number of carbonyl (C=O) groups is 2. The first-order valence-corrected chi connectivity index (χ1v) is 11.2. The van der Waals surface area contributed by atoms with Crippen LogP contribution in [-0.2, 0) is 15.8 Å². The van der Waals surface area contributed by atoms with Gasteiger partial charge >= 0.3 is 6.18 Å². The fourth-order valence-corrected chi connectivity index (χ4v) is 4.31. The van der Waals surface area contributed by atoms with Crippen molar-refractivity contribution < 1.29 is 27.5 Å². The van der Waals surface area contributed by atoms with E-state index in [9.17, 15) is 22.8 Å². The van der Waals surface area contributed by atoms with Gasteiger partial charge < -0.3 is 19.9 Å². The van der Waals surface area contributed by atoms with Gasteiger partial charge in [0.15, 0.2) is 0 Å². The molecule has 0 atom stereocenters. The van der Waals surface area contributed by atoms with Gasteiger partial charge in [-0.2, -0.15) is 13.2 Å². The average Bonchev–Trinajstić information content (AvgIpc) is 3.31. The Kier molecular flexibility index (Phi) is 6.36. The molecule has 35 heavy (non-hydrogen) atoms. The van der Waals surface area contributed by atoms with Gasteiger partial charge in [-0.05, 0) is 42.3 Å². The quantitative estimate of drug-likeness (QED) is 0.619. The molecule has 0 unspecified atom stereocenters. The van der Waals surface area contributed by atoms with E-state index in [1.54, 1.807) is 4.90 Å². The largest absolute Gasteiger partial charge is 0.496 e. The topological polar surface area (TPSA) is 61.9 Å². The molecule has 0 saturated carbocycles. The third-order valence-corrected chi connectivity index (χ3v) is 6.12. The first-order valence-electron chi connectivity index (χ1n) is 11.2. The predicted molar refractivity (Wildman–Crippen MR) is 127 cm³/mol. The summed E-state index contributed by atoms with van der Waals surface area (Å²) >= 11 is 0. The van der Waals surface area contributed by atoms with Gasteiger partial charge in [-0.3, -0.25) is 9.59 Å². The van der Waals surface area contributed by atoms with Crippen molar-refractivity contribution in [2.24, 2.45) is 0 Å². The van der Waals surface area contributed by atoms with Gasteiger partial charge in [0.1, 0.15) is 5.75 Å². The Hall–Kier alpha value is -3.75. The van der Waals surface area contributed by atoms with Crippen molar-refractivity contribution in [3.8, 4) is 5.75 Å². The molecule has 2 amide bonds. The number of nitrogens with one attached hydrogen (secondary N) is 1. The number of benzene rings is 2. The van der Waals surface area contributed by atoms with Crippen LogP contribution >= 0.6 is 0 Å². The molecule has 2 aromatic carbocycles. The summed E-state index contributed by atoms with van der Waals surface area (Å²) in [6.45, 7) is 2.42. The van der Waals surface area contributed by atoms with E-state index < -0.39 is 17.6 Å². The summed E-state index contributed by atoms with van der Waals surface area (Å²) in [6, 6.07) is 10.5. The van der Waals surface area contributed by atoms with Gasteiger partial charge in [-0.15, -0.1) is 0 Å². The molecule has 2 heterocycles. The van der Waals surface area contributed by atoms with Crippen LogP contribution in [-0.4, -0.2) is 44.5 Å². The van der Waals surface area contributed by atoms with Gasteiger partial charge in [0, 0.05) is 31.9 Å². The number of unbranched alkanes of at least 4 members (excludes halogenated alkanes) is 1. The lowest BCUT2D eigenvalue weighted by molar-refractivity contribution is -0.137. The summed E-state index contributed by atoms with van der Waals surface area (Å²) in [5.41, 5.74) is 2.03. The molecule has 184 valence electrons. The first kappa shape index (κ1) is 24.4. The summed E-state index contributed by atoms with van der Waals surface area (Å²) in [7, 11) is 5.08. The number of halogens is 3. The third-order valence-electron chi connectivity index (χ3n) is 6.12. The Labute approximate surface area is 201 Å². The van der Waals surface area contributed by atoms with E-state index in [1.165, 1.54) is 13.2 Å². The molecule has 0 aromatic heterocycles. The van der Waals surface area contributed by atoms with E-state index in [1.807, 2.05) is 50.2 Å². The number of methoxy groups -OCH3 is 1. The zero-order chi connectivity index (χ0) is 25.5. The molecule has 0 radical (unpaired) electrons. The smallest absolute Gasteiger partial charge is 0.416 e. The Morgan fingerprint density at radius 2 is 1.71 bits per heavy atom. The number of rotatable bonds is 7. The Balaban J connectivity index is 1.90. The van der Waals surface area contributed by atoms with Crippen LogP contribution in [0.2, 0.25) is 0 Å². The van der Waals surface area contributed by atoms with Crippen LogP contribution in [0.3, 0.4) is 0 Å². The lowest BCUT2D eigenvalue weighted by Gasteiger charge is -2.22. The number of alkyl halides is 3. The van der Waals surface area contributed by atoms with Gasteiger partial charge in [0.05, 0.1) is 35.2 Å². The maximum atomic E-state index is 13.6. The van der Waals surface area contributed by atoms with Gasteiger partial charge in [0.2, 0.25) is 0 Å². The minimum absolute atomic E-state index is 0.0828. The summed E-state index contributed by atoms with van der Waals surface area (Å²) in [5, 5.41) is 2.71. The SMILES string of the molecule is CCCCN1C(=O)C2=C(c3ccc(C(F)(F)F)cc3OC)NC(=O)C2=C1c1ccc(N(C)C)cc1. The van der Waals surface area contributed by atoms with Crippen molar-refractivity contribution in [3.05, 3.63) is 70.3 Å². The van der Waals surface area contributed by atoms with Crippen molar-refractivity contribution in [3.63, 3.8) is 0 Å². The van der Waals surface area contributed by atoms with Crippen LogP contribution in [0, 0.1) is 0 Å². The van der Waals surface area contributed by atoms with Crippen LogP contribution in [0.1, 0.15) is 36.5 Å². The van der Waals surface area contributed by atoms with Crippen LogP contribution < -0.4 is 15.0 Å². The third kappa shape index (κ3) is 4.26. The fraction of sp³-hybridized carbons (Fsp3) is 0.308. The average molecular weight is 486 g/mol. The highest BCUT2D eigenvalue weighted by atomic mass is 19.4. The number of carbonyl (C=O) groups excluding carboxylic acids is 2. The van der Waals surface area contributed by atoms with Crippen molar-refractivity contribution in [2.75, 3.05) is 32.6 Å². The number of hydrogen-bond donors (Lipinski definition) is 1. The van der Waals surface area contributed by atoms with Crippen molar-refractivity contribution in [1.82, 2.24) is 10.2 Å². The highest BCUT2D eigenvalue weighted by Gasteiger charge is 2.45. The van der Waals surface area contributed by atoms with Crippen LogP contribution in [0.25, 0.3) is 11.4 Å².